The minimum atomic E-state index is 0.0889. The molecule has 2 aromatic rings. The SMILES string of the molecule is O=C(CCc1ccccc1)NCCn1cccn1. The van der Waals surface area contributed by atoms with Gasteiger partial charge in [-0.25, -0.2) is 0 Å². The quantitative estimate of drug-likeness (QED) is 0.838. The van der Waals surface area contributed by atoms with Crippen molar-refractivity contribution in [2.45, 2.75) is 19.4 Å². The van der Waals surface area contributed by atoms with Gasteiger partial charge < -0.3 is 5.32 Å². The summed E-state index contributed by atoms with van der Waals surface area (Å²) >= 11 is 0. The predicted octanol–water partition coefficient (Wildman–Crippen LogP) is 1.63. The molecule has 1 heterocycles. The fourth-order valence-electron chi connectivity index (χ4n) is 1.73. The first-order valence-corrected chi connectivity index (χ1v) is 6.12. The van der Waals surface area contributed by atoms with Crippen molar-refractivity contribution in [3.8, 4) is 0 Å². The molecule has 4 nitrogen and oxygen atoms in total. The Morgan fingerprint density at radius 2 is 2.06 bits per heavy atom. The second-order valence-corrected chi connectivity index (χ2v) is 4.10. The minimum absolute atomic E-state index is 0.0889. The topological polar surface area (TPSA) is 46.9 Å². The third-order valence-electron chi connectivity index (χ3n) is 2.71. The molecule has 0 saturated heterocycles. The van der Waals surface area contributed by atoms with E-state index in [4.69, 9.17) is 0 Å². The number of aromatic nitrogens is 2. The van der Waals surface area contributed by atoms with Gasteiger partial charge in [0.15, 0.2) is 0 Å². The summed E-state index contributed by atoms with van der Waals surface area (Å²) in [5.74, 6) is 0.0889. The Hall–Kier alpha value is -2.10. The molecule has 94 valence electrons. The third kappa shape index (κ3) is 4.05. The first kappa shape index (κ1) is 12.4. The van der Waals surface area contributed by atoms with E-state index < -0.39 is 0 Å². The molecule has 0 aliphatic rings. The predicted molar refractivity (Wildman–Crippen MR) is 70.0 cm³/mol. The van der Waals surface area contributed by atoms with Crippen LogP contribution in [0, 0.1) is 0 Å². The molecule has 0 bridgehead atoms. The molecular weight excluding hydrogens is 226 g/mol. The zero-order chi connectivity index (χ0) is 12.6. The smallest absolute Gasteiger partial charge is 0.220 e. The molecule has 0 fully saturated rings. The van der Waals surface area contributed by atoms with Crippen LogP contribution < -0.4 is 5.32 Å². The van der Waals surface area contributed by atoms with Crippen LogP contribution in [0.15, 0.2) is 48.8 Å². The van der Waals surface area contributed by atoms with Gasteiger partial charge >= 0.3 is 0 Å². The average molecular weight is 243 g/mol. The molecule has 1 aromatic heterocycles. The van der Waals surface area contributed by atoms with E-state index in [1.807, 2.05) is 42.6 Å². The van der Waals surface area contributed by atoms with Crippen molar-refractivity contribution in [2.24, 2.45) is 0 Å². The second kappa shape index (κ2) is 6.59. The van der Waals surface area contributed by atoms with E-state index in [1.54, 1.807) is 10.9 Å². The molecule has 1 aromatic carbocycles. The lowest BCUT2D eigenvalue weighted by molar-refractivity contribution is -0.121. The molecule has 2 rings (SSSR count). The highest BCUT2D eigenvalue weighted by Crippen LogP contribution is 2.01. The fourth-order valence-corrected chi connectivity index (χ4v) is 1.73. The largest absolute Gasteiger partial charge is 0.354 e. The van der Waals surface area contributed by atoms with Crippen molar-refractivity contribution in [1.29, 1.82) is 0 Å². The number of nitrogens with one attached hydrogen (secondary N) is 1. The normalized spacial score (nSPS) is 10.2. The van der Waals surface area contributed by atoms with Crippen molar-refractivity contribution in [1.82, 2.24) is 15.1 Å². The van der Waals surface area contributed by atoms with E-state index in [2.05, 4.69) is 10.4 Å². The molecule has 1 amide bonds. The summed E-state index contributed by atoms with van der Waals surface area (Å²) in [4.78, 5) is 11.6. The zero-order valence-corrected chi connectivity index (χ0v) is 10.2. The Morgan fingerprint density at radius 1 is 1.22 bits per heavy atom. The highest BCUT2D eigenvalue weighted by atomic mass is 16.1. The van der Waals surface area contributed by atoms with Gasteiger partial charge in [-0.15, -0.1) is 0 Å². The van der Waals surface area contributed by atoms with Gasteiger partial charge in [0.2, 0.25) is 5.91 Å². The van der Waals surface area contributed by atoms with Crippen LogP contribution in [0.1, 0.15) is 12.0 Å². The molecule has 0 radical (unpaired) electrons. The maximum absolute atomic E-state index is 11.6. The summed E-state index contributed by atoms with van der Waals surface area (Å²) in [5.41, 5.74) is 1.19. The van der Waals surface area contributed by atoms with Crippen LogP contribution in [0.4, 0.5) is 0 Å². The van der Waals surface area contributed by atoms with Gasteiger partial charge in [-0.2, -0.15) is 5.10 Å². The Labute approximate surface area is 107 Å². The summed E-state index contributed by atoms with van der Waals surface area (Å²) in [5, 5.41) is 6.96. The van der Waals surface area contributed by atoms with Crippen LogP contribution in [0.3, 0.4) is 0 Å². The standard InChI is InChI=1S/C14H17N3O/c18-14(8-7-13-5-2-1-3-6-13)15-10-12-17-11-4-9-16-17/h1-6,9,11H,7-8,10,12H2,(H,15,18). The molecule has 18 heavy (non-hydrogen) atoms. The number of nitrogens with zero attached hydrogens (tertiary/aromatic N) is 2. The zero-order valence-electron chi connectivity index (χ0n) is 10.2. The van der Waals surface area contributed by atoms with Gasteiger partial charge in [-0.3, -0.25) is 9.48 Å². The fraction of sp³-hybridized carbons (Fsp3) is 0.286. The van der Waals surface area contributed by atoms with Crippen molar-refractivity contribution in [3.63, 3.8) is 0 Å². The number of hydrogen-bond acceptors (Lipinski definition) is 2. The molecule has 1 N–H and O–H groups in total. The van der Waals surface area contributed by atoms with Gasteiger partial charge in [0, 0.05) is 25.4 Å². The van der Waals surface area contributed by atoms with Crippen molar-refractivity contribution < 1.29 is 4.79 Å². The summed E-state index contributed by atoms with van der Waals surface area (Å²) < 4.78 is 1.80. The molecule has 0 unspecified atom stereocenters. The van der Waals surface area contributed by atoms with Gasteiger partial charge in [0.1, 0.15) is 0 Å². The highest BCUT2D eigenvalue weighted by molar-refractivity contribution is 5.76. The summed E-state index contributed by atoms with van der Waals surface area (Å²) in [6.07, 6.45) is 4.94. The molecule has 0 aliphatic carbocycles. The van der Waals surface area contributed by atoms with E-state index in [0.717, 1.165) is 6.42 Å². The lowest BCUT2D eigenvalue weighted by atomic mass is 10.1. The molecule has 0 atom stereocenters. The highest BCUT2D eigenvalue weighted by Gasteiger charge is 2.01. The first-order valence-electron chi connectivity index (χ1n) is 6.12. The monoisotopic (exact) mass is 243 g/mol. The van der Waals surface area contributed by atoms with Gasteiger partial charge in [-0.1, -0.05) is 30.3 Å². The van der Waals surface area contributed by atoms with Crippen LogP contribution in [-0.4, -0.2) is 22.2 Å². The van der Waals surface area contributed by atoms with E-state index in [0.29, 0.717) is 19.5 Å². The Bertz CT molecular complexity index is 465. The number of amides is 1. The first-order chi connectivity index (χ1) is 8.84. The van der Waals surface area contributed by atoms with Gasteiger partial charge in [-0.05, 0) is 18.1 Å². The number of rotatable bonds is 6. The van der Waals surface area contributed by atoms with Crippen LogP contribution in [0.25, 0.3) is 0 Å². The van der Waals surface area contributed by atoms with Gasteiger partial charge in [0.25, 0.3) is 0 Å². The van der Waals surface area contributed by atoms with Crippen LogP contribution in [0.2, 0.25) is 0 Å². The third-order valence-corrected chi connectivity index (χ3v) is 2.71. The van der Waals surface area contributed by atoms with Gasteiger partial charge in [0.05, 0.1) is 6.54 Å². The molecule has 0 aliphatic heterocycles. The van der Waals surface area contributed by atoms with E-state index in [-0.39, 0.29) is 5.91 Å². The maximum atomic E-state index is 11.6. The van der Waals surface area contributed by atoms with Crippen LogP contribution in [0.5, 0.6) is 0 Å². The van der Waals surface area contributed by atoms with Crippen molar-refractivity contribution >= 4 is 5.91 Å². The Balaban J connectivity index is 1.63. The second-order valence-electron chi connectivity index (χ2n) is 4.10. The summed E-state index contributed by atoms with van der Waals surface area (Å²) in [7, 11) is 0. The lowest BCUT2D eigenvalue weighted by Crippen LogP contribution is -2.27. The molecule has 4 heteroatoms. The Kier molecular flexibility index (Phi) is 4.53. The van der Waals surface area contributed by atoms with E-state index in [1.165, 1.54) is 5.56 Å². The summed E-state index contributed by atoms with van der Waals surface area (Å²) in [6.45, 7) is 1.33. The van der Waals surface area contributed by atoms with E-state index >= 15 is 0 Å². The van der Waals surface area contributed by atoms with Crippen LogP contribution in [-0.2, 0) is 17.8 Å². The van der Waals surface area contributed by atoms with E-state index in [9.17, 15) is 4.79 Å². The lowest BCUT2D eigenvalue weighted by Gasteiger charge is -2.05. The average Bonchev–Trinajstić information content (AvgIpc) is 2.91. The number of aryl methyl sites for hydroxylation is 1. The number of carbonyl (C=O) groups is 1. The molecular formula is C14H17N3O. The Morgan fingerprint density at radius 3 is 2.78 bits per heavy atom. The number of hydrogen-bond donors (Lipinski definition) is 1. The van der Waals surface area contributed by atoms with Crippen molar-refractivity contribution in [2.75, 3.05) is 6.54 Å². The maximum Gasteiger partial charge on any atom is 0.220 e. The molecule has 0 spiro atoms. The van der Waals surface area contributed by atoms with Crippen LogP contribution >= 0.6 is 0 Å². The molecule has 0 saturated carbocycles. The van der Waals surface area contributed by atoms with Crippen molar-refractivity contribution in [3.05, 3.63) is 54.4 Å². The number of benzene rings is 1. The minimum Gasteiger partial charge on any atom is -0.354 e. The summed E-state index contributed by atoms with van der Waals surface area (Å²) in [6, 6.07) is 11.9. The number of carbonyl (C=O) groups excluding carboxylic acids is 1.